The Morgan fingerprint density at radius 3 is 2.35 bits per heavy atom. The molecular formula is C15H21NO. The minimum absolute atomic E-state index is 0.0642. The van der Waals surface area contributed by atoms with Crippen LogP contribution in [-0.2, 0) is 10.2 Å². The van der Waals surface area contributed by atoms with E-state index in [4.69, 9.17) is 0 Å². The van der Waals surface area contributed by atoms with Gasteiger partial charge in [0.15, 0.2) is 0 Å². The number of benzene rings is 1. The molecule has 0 aliphatic heterocycles. The number of hydrogen-bond acceptors (Lipinski definition) is 1. The van der Waals surface area contributed by atoms with Gasteiger partial charge in [0.2, 0.25) is 5.91 Å². The first kappa shape index (κ1) is 12.2. The van der Waals surface area contributed by atoms with Crippen LogP contribution in [-0.4, -0.2) is 13.0 Å². The van der Waals surface area contributed by atoms with Crippen LogP contribution in [0.5, 0.6) is 0 Å². The quantitative estimate of drug-likeness (QED) is 0.764. The highest BCUT2D eigenvalue weighted by molar-refractivity contribution is 5.96. The van der Waals surface area contributed by atoms with Crippen molar-refractivity contribution in [3.63, 3.8) is 0 Å². The van der Waals surface area contributed by atoms with Crippen molar-refractivity contribution in [3.8, 4) is 0 Å². The van der Waals surface area contributed by atoms with Gasteiger partial charge in [-0.15, -0.1) is 0 Å². The molecular weight excluding hydrogens is 210 g/mol. The van der Waals surface area contributed by atoms with E-state index < -0.39 is 0 Å². The highest BCUT2D eigenvalue weighted by Crippen LogP contribution is 2.36. The lowest BCUT2D eigenvalue weighted by Crippen LogP contribution is -2.30. The van der Waals surface area contributed by atoms with E-state index in [1.165, 1.54) is 5.56 Å². The maximum atomic E-state index is 12.1. The van der Waals surface area contributed by atoms with Crippen LogP contribution in [0.2, 0.25) is 0 Å². The van der Waals surface area contributed by atoms with Gasteiger partial charge in [0, 0.05) is 18.7 Å². The summed E-state index contributed by atoms with van der Waals surface area (Å²) in [4.78, 5) is 13.9. The van der Waals surface area contributed by atoms with Crippen LogP contribution in [0.25, 0.3) is 0 Å². The molecule has 92 valence electrons. The largest absolute Gasteiger partial charge is 0.315 e. The maximum Gasteiger partial charge on any atom is 0.229 e. The zero-order valence-corrected chi connectivity index (χ0v) is 11.2. The molecule has 1 aromatic carbocycles. The molecule has 2 rings (SSSR count). The Hall–Kier alpha value is -1.31. The zero-order chi connectivity index (χ0) is 12.6. The number of anilines is 1. The molecule has 2 nitrogen and oxygen atoms in total. The standard InChI is InChI=1S/C15H21NO/c1-15(2,3)12-7-5-6-8-13(12)16(4)14(17)11-9-10-11/h5-8,11H,9-10H2,1-4H3. The van der Waals surface area contributed by atoms with Gasteiger partial charge in [0.1, 0.15) is 0 Å². The smallest absolute Gasteiger partial charge is 0.229 e. The molecule has 0 saturated heterocycles. The van der Waals surface area contributed by atoms with Crippen LogP contribution >= 0.6 is 0 Å². The lowest BCUT2D eigenvalue weighted by Gasteiger charge is -2.27. The summed E-state index contributed by atoms with van der Waals surface area (Å²) in [6, 6.07) is 8.20. The van der Waals surface area contributed by atoms with E-state index in [-0.39, 0.29) is 17.2 Å². The third kappa shape index (κ3) is 2.51. The molecule has 0 spiro atoms. The fourth-order valence-electron chi connectivity index (χ4n) is 2.12. The molecule has 0 bridgehead atoms. The van der Waals surface area contributed by atoms with Gasteiger partial charge >= 0.3 is 0 Å². The number of rotatable bonds is 2. The van der Waals surface area contributed by atoms with Crippen molar-refractivity contribution in [2.24, 2.45) is 5.92 Å². The SMILES string of the molecule is CN(C(=O)C1CC1)c1ccccc1C(C)(C)C. The fourth-order valence-corrected chi connectivity index (χ4v) is 2.12. The van der Waals surface area contributed by atoms with Crippen LogP contribution in [0.1, 0.15) is 39.2 Å². The first-order valence-electron chi connectivity index (χ1n) is 6.28. The minimum atomic E-state index is 0.0642. The average molecular weight is 231 g/mol. The van der Waals surface area contributed by atoms with E-state index in [2.05, 4.69) is 26.8 Å². The molecule has 1 aliphatic rings. The van der Waals surface area contributed by atoms with Crippen molar-refractivity contribution >= 4 is 11.6 Å². The van der Waals surface area contributed by atoms with Crippen molar-refractivity contribution in [2.45, 2.75) is 39.0 Å². The molecule has 1 aliphatic carbocycles. The monoisotopic (exact) mass is 231 g/mol. The van der Waals surface area contributed by atoms with Crippen LogP contribution in [0, 0.1) is 5.92 Å². The summed E-state index contributed by atoms with van der Waals surface area (Å²) in [6.07, 6.45) is 2.11. The highest BCUT2D eigenvalue weighted by Gasteiger charge is 2.33. The normalized spacial score (nSPS) is 15.8. The third-order valence-electron chi connectivity index (χ3n) is 3.33. The minimum Gasteiger partial charge on any atom is -0.315 e. The predicted octanol–water partition coefficient (Wildman–Crippen LogP) is 3.36. The molecule has 0 heterocycles. The molecule has 0 N–H and O–H groups in total. The lowest BCUT2D eigenvalue weighted by molar-refractivity contribution is -0.119. The molecule has 17 heavy (non-hydrogen) atoms. The van der Waals surface area contributed by atoms with Crippen molar-refractivity contribution in [1.82, 2.24) is 0 Å². The second kappa shape index (κ2) is 4.17. The second-order valence-corrected chi connectivity index (χ2v) is 5.94. The number of hydrogen-bond donors (Lipinski definition) is 0. The average Bonchev–Trinajstić information content (AvgIpc) is 3.10. The van der Waals surface area contributed by atoms with E-state index in [0.29, 0.717) is 0 Å². The summed E-state index contributed by atoms with van der Waals surface area (Å²) in [5, 5.41) is 0. The summed E-state index contributed by atoms with van der Waals surface area (Å²) >= 11 is 0. The lowest BCUT2D eigenvalue weighted by atomic mass is 9.85. The molecule has 1 aromatic rings. The molecule has 0 unspecified atom stereocenters. The van der Waals surface area contributed by atoms with Gasteiger partial charge in [0.25, 0.3) is 0 Å². The van der Waals surface area contributed by atoms with Crippen molar-refractivity contribution < 1.29 is 4.79 Å². The number of amides is 1. The van der Waals surface area contributed by atoms with Gasteiger partial charge in [-0.25, -0.2) is 0 Å². The van der Waals surface area contributed by atoms with E-state index in [9.17, 15) is 4.79 Å². The van der Waals surface area contributed by atoms with Gasteiger partial charge in [0.05, 0.1) is 0 Å². The molecule has 1 saturated carbocycles. The van der Waals surface area contributed by atoms with Crippen LogP contribution in [0.3, 0.4) is 0 Å². The van der Waals surface area contributed by atoms with Gasteiger partial charge in [-0.05, 0) is 29.9 Å². The molecule has 0 radical (unpaired) electrons. The Labute approximate surface area is 104 Å². The molecule has 0 atom stereocenters. The maximum absolute atomic E-state index is 12.1. The van der Waals surface area contributed by atoms with E-state index in [0.717, 1.165) is 18.5 Å². The van der Waals surface area contributed by atoms with E-state index in [1.807, 2.05) is 30.1 Å². The summed E-state index contributed by atoms with van der Waals surface area (Å²) in [7, 11) is 1.89. The second-order valence-electron chi connectivity index (χ2n) is 5.94. The fraction of sp³-hybridized carbons (Fsp3) is 0.533. The summed E-state index contributed by atoms with van der Waals surface area (Å²) in [5.74, 6) is 0.537. The first-order valence-corrected chi connectivity index (χ1v) is 6.28. The van der Waals surface area contributed by atoms with Gasteiger partial charge < -0.3 is 4.90 Å². The summed E-state index contributed by atoms with van der Waals surface area (Å²) < 4.78 is 0. The number of nitrogens with zero attached hydrogens (tertiary/aromatic N) is 1. The van der Waals surface area contributed by atoms with Crippen molar-refractivity contribution in [3.05, 3.63) is 29.8 Å². The number of carbonyl (C=O) groups excluding carboxylic acids is 1. The number of para-hydroxylation sites is 1. The Morgan fingerprint density at radius 1 is 1.24 bits per heavy atom. The van der Waals surface area contributed by atoms with E-state index >= 15 is 0 Å². The Morgan fingerprint density at radius 2 is 1.82 bits per heavy atom. The van der Waals surface area contributed by atoms with Crippen molar-refractivity contribution in [2.75, 3.05) is 11.9 Å². The predicted molar refractivity (Wildman–Crippen MR) is 71.3 cm³/mol. The van der Waals surface area contributed by atoms with Crippen LogP contribution < -0.4 is 4.90 Å². The Balaban J connectivity index is 2.34. The summed E-state index contributed by atoms with van der Waals surface area (Å²) in [6.45, 7) is 6.55. The number of carbonyl (C=O) groups is 1. The Kier molecular flexibility index (Phi) is 2.98. The summed E-state index contributed by atoms with van der Waals surface area (Å²) in [5.41, 5.74) is 2.35. The van der Waals surface area contributed by atoms with Gasteiger partial charge in [-0.2, -0.15) is 0 Å². The van der Waals surface area contributed by atoms with Gasteiger partial charge in [-0.1, -0.05) is 39.0 Å². The zero-order valence-electron chi connectivity index (χ0n) is 11.2. The van der Waals surface area contributed by atoms with Crippen LogP contribution in [0.15, 0.2) is 24.3 Å². The molecule has 1 fully saturated rings. The molecule has 1 amide bonds. The third-order valence-corrected chi connectivity index (χ3v) is 3.33. The van der Waals surface area contributed by atoms with Gasteiger partial charge in [-0.3, -0.25) is 4.79 Å². The van der Waals surface area contributed by atoms with Crippen molar-refractivity contribution in [1.29, 1.82) is 0 Å². The van der Waals surface area contributed by atoms with Crippen LogP contribution in [0.4, 0.5) is 5.69 Å². The topological polar surface area (TPSA) is 20.3 Å². The highest BCUT2D eigenvalue weighted by atomic mass is 16.2. The molecule has 2 heteroatoms. The van der Waals surface area contributed by atoms with E-state index in [1.54, 1.807) is 0 Å². The first-order chi connectivity index (χ1) is 7.91. The molecule has 0 aromatic heterocycles. The Bertz CT molecular complexity index is 427.